The van der Waals surface area contributed by atoms with Crippen LogP contribution in [0.1, 0.15) is 30.9 Å². The van der Waals surface area contributed by atoms with Gasteiger partial charge in [-0.05, 0) is 43.5 Å². The molecule has 0 bridgehead atoms. The summed E-state index contributed by atoms with van der Waals surface area (Å²) in [4.78, 5) is 2.46. The number of likely N-dealkylation sites (tertiary alicyclic amines) is 1. The van der Waals surface area contributed by atoms with Gasteiger partial charge in [0.1, 0.15) is 5.75 Å². The summed E-state index contributed by atoms with van der Waals surface area (Å²) in [6, 6.07) is 8.83. The van der Waals surface area contributed by atoms with E-state index in [1.807, 2.05) is 6.07 Å². The van der Waals surface area contributed by atoms with Gasteiger partial charge in [0.05, 0.1) is 7.11 Å². The lowest BCUT2D eigenvalue weighted by Crippen LogP contribution is -2.25. The fourth-order valence-corrected chi connectivity index (χ4v) is 2.59. The molecule has 0 amide bonds. The summed E-state index contributed by atoms with van der Waals surface area (Å²) in [6.07, 6.45) is 3.31. The minimum Gasteiger partial charge on any atom is -0.497 e. The molecule has 17 heavy (non-hydrogen) atoms. The van der Waals surface area contributed by atoms with Crippen LogP contribution in [0.3, 0.4) is 0 Å². The lowest BCUT2D eigenvalue weighted by Gasteiger charge is -2.24. The number of aliphatic hydroxyl groups is 1. The van der Waals surface area contributed by atoms with Crippen molar-refractivity contribution < 1.29 is 9.84 Å². The lowest BCUT2D eigenvalue weighted by atomic mass is 10.0. The van der Waals surface area contributed by atoms with E-state index in [9.17, 15) is 0 Å². The maximum atomic E-state index is 8.92. The van der Waals surface area contributed by atoms with Gasteiger partial charge < -0.3 is 9.84 Å². The first kappa shape index (κ1) is 12.4. The predicted molar refractivity (Wildman–Crippen MR) is 68.2 cm³/mol. The molecule has 3 nitrogen and oxygen atoms in total. The van der Waals surface area contributed by atoms with Gasteiger partial charge in [-0.15, -0.1) is 0 Å². The number of benzene rings is 1. The van der Waals surface area contributed by atoms with Crippen molar-refractivity contribution in [2.45, 2.75) is 25.3 Å². The highest BCUT2D eigenvalue weighted by molar-refractivity contribution is 5.31. The third kappa shape index (κ3) is 2.99. The van der Waals surface area contributed by atoms with E-state index in [0.29, 0.717) is 6.04 Å². The Morgan fingerprint density at radius 1 is 1.47 bits per heavy atom. The van der Waals surface area contributed by atoms with Crippen LogP contribution in [0.25, 0.3) is 0 Å². The molecule has 0 aromatic heterocycles. The van der Waals surface area contributed by atoms with Crippen LogP contribution in [0, 0.1) is 0 Å². The predicted octanol–water partition coefficient (Wildman–Crippen LogP) is 2.21. The summed E-state index contributed by atoms with van der Waals surface area (Å²) in [7, 11) is 1.71. The van der Waals surface area contributed by atoms with Crippen molar-refractivity contribution in [1.82, 2.24) is 4.90 Å². The second-order valence-electron chi connectivity index (χ2n) is 4.55. The van der Waals surface area contributed by atoms with E-state index in [1.165, 1.54) is 18.4 Å². The molecule has 1 aromatic carbocycles. The molecular formula is C14H21NO2. The fourth-order valence-electron chi connectivity index (χ4n) is 2.59. The highest BCUT2D eigenvalue weighted by Crippen LogP contribution is 2.33. The molecule has 1 N–H and O–H groups in total. The molecule has 0 aliphatic carbocycles. The Morgan fingerprint density at radius 2 is 2.35 bits per heavy atom. The average molecular weight is 235 g/mol. The van der Waals surface area contributed by atoms with Crippen LogP contribution in [0.2, 0.25) is 0 Å². The van der Waals surface area contributed by atoms with Gasteiger partial charge in [0, 0.05) is 19.2 Å². The molecule has 3 heteroatoms. The van der Waals surface area contributed by atoms with Gasteiger partial charge in [0.25, 0.3) is 0 Å². The Kier molecular flexibility index (Phi) is 4.40. The van der Waals surface area contributed by atoms with Crippen LogP contribution in [0.15, 0.2) is 24.3 Å². The van der Waals surface area contributed by atoms with Gasteiger partial charge in [0.2, 0.25) is 0 Å². The van der Waals surface area contributed by atoms with Crippen LogP contribution >= 0.6 is 0 Å². The van der Waals surface area contributed by atoms with E-state index in [-0.39, 0.29) is 6.61 Å². The van der Waals surface area contributed by atoms with E-state index in [1.54, 1.807) is 7.11 Å². The summed E-state index contributed by atoms with van der Waals surface area (Å²) in [6.45, 7) is 2.40. The zero-order chi connectivity index (χ0) is 12.1. The van der Waals surface area contributed by atoms with Gasteiger partial charge in [-0.3, -0.25) is 4.90 Å². The van der Waals surface area contributed by atoms with E-state index < -0.39 is 0 Å². The summed E-state index contributed by atoms with van der Waals surface area (Å²) in [5.74, 6) is 0.927. The number of nitrogens with zero attached hydrogens (tertiary/aromatic N) is 1. The molecule has 0 radical (unpaired) electrons. The first-order valence-corrected chi connectivity index (χ1v) is 6.34. The molecular weight excluding hydrogens is 214 g/mol. The number of hydrogen-bond donors (Lipinski definition) is 1. The number of rotatable bonds is 5. The second kappa shape index (κ2) is 6.03. The molecule has 1 aliphatic heterocycles. The van der Waals surface area contributed by atoms with Gasteiger partial charge in [-0.2, -0.15) is 0 Å². The SMILES string of the molecule is COc1cccc([C@@H]2CCCN2CCCO)c1. The van der Waals surface area contributed by atoms with Gasteiger partial charge in [0.15, 0.2) is 0 Å². The fraction of sp³-hybridized carbons (Fsp3) is 0.571. The Labute approximate surface area is 103 Å². The third-order valence-corrected chi connectivity index (χ3v) is 3.45. The lowest BCUT2D eigenvalue weighted by molar-refractivity contribution is 0.213. The smallest absolute Gasteiger partial charge is 0.119 e. The highest BCUT2D eigenvalue weighted by Gasteiger charge is 2.25. The van der Waals surface area contributed by atoms with E-state index in [0.717, 1.165) is 25.3 Å². The molecule has 1 aromatic rings. The summed E-state index contributed by atoms with van der Waals surface area (Å²) < 4.78 is 5.27. The first-order valence-electron chi connectivity index (χ1n) is 6.34. The van der Waals surface area contributed by atoms with Gasteiger partial charge >= 0.3 is 0 Å². The van der Waals surface area contributed by atoms with E-state index >= 15 is 0 Å². The Morgan fingerprint density at radius 3 is 3.12 bits per heavy atom. The molecule has 0 saturated carbocycles. The Bertz CT molecular complexity index is 354. The second-order valence-corrected chi connectivity index (χ2v) is 4.55. The standard InChI is InChI=1S/C14H21NO2/c1-17-13-6-2-5-12(11-13)14-7-3-8-15(14)9-4-10-16/h2,5-6,11,14,16H,3-4,7-10H2,1H3/t14-/m0/s1. The topological polar surface area (TPSA) is 32.7 Å². The zero-order valence-electron chi connectivity index (χ0n) is 10.4. The molecule has 2 rings (SSSR count). The van der Waals surface area contributed by atoms with Crippen molar-refractivity contribution in [1.29, 1.82) is 0 Å². The van der Waals surface area contributed by atoms with Gasteiger partial charge in [-0.25, -0.2) is 0 Å². The summed E-state index contributed by atoms with van der Waals surface area (Å²) in [5.41, 5.74) is 1.33. The maximum Gasteiger partial charge on any atom is 0.119 e. The summed E-state index contributed by atoms with van der Waals surface area (Å²) in [5, 5.41) is 8.92. The molecule has 0 unspecified atom stereocenters. The quantitative estimate of drug-likeness (QED) is 0.849. The van der Waals surface area contributed by atoms with Gasteiger partial charge in [-0.1, -0.05) is 12.1 Å². The highest BCUT2D eigenvalue weighted by atomic mass is 16.5. The first-order chi connectivity index (χ1) is 8.35. The molecule has 94 valence electrons. The van der Waals surface area contributed by atoms with Crippen molar-refractivity contribution in [3.8, 4) is 5.75 Å². The molecule has 1 saturated heterocycles. The molecule has 1 heterocycles. The Balaban J connectivity index is 2.08. The van der Waals surface area contributed by atoms with E-state index in [4.69, 9.17) is 9.84 Å². The van der Waals surface area contributed by atoms with E-state index in [2.05, 4.69) is 23.1 Å². The van der Waals surface area contributed by atoms with Crippen LogP contribution in [-0.4, -0.2) is 36.8 Å². The average Bonchev–Trinajstić information content (AvgIpc) is 2.84. The van der Waals surface area contributed by atoms with Crippen LogP contribution in [0.4, 0.5) is 0 Å². The molecule has 1 atom stereocenters. The normalized spacial score (nSPS) is 20.7. The maximum absolute atomic E-state index is 8.92. The number of methoxy groups -OCH3 is 1. The monoisotopic (exact) mass is 235 g/mol. The largest absolute Gasteiger partial charge is 0.497 e. The number of aliphatic hydroxyl groups excluding tert-OH is 1. The van der Waals surface area contributed by atoms with Crippen LogP contribution < -0.4 is 4.74 Å². The zero-order valence-corrected chi connectivity index (χ0v) is 10.4. The van der Waals surface area contributed by atoms with Crippen molar-refractivity contribution >= 4 is 0 Å². The van der Waals surface area contributed by atoms with Crippen LogP contribution in [0.5, 0.6) is 5.75 Å². The summed E-state index contributed by atoms with van der Waals surface area (Å²) >= 11 is 0. The third-order valence-electron chi connectivity index (χ3n) is 3.45. The minimum absolute atomic E-state index is 0.279. The molecule has 1 aliphatic rings. The minimum atomic E-state index is 0.279. The Hall–Kier alpha value is -1.06. The van der Waals surface area contributed by atoms with Crippen molar-refractivity contribution in [3.05, 3.63) is 29.8 Å². The number of ether oxygens (including phenoxy) is 1. The molecule has 0 spiro atoms. The van der Waals surface area contributed by atoms with Crippen molar-refractivity contribution in [2.24, 2.45) is 0 Å². The van der Waals surface area contributed by atoms with Crippen molar-refractivity contribution in [3.63, 3.8) is 0 Å². The molecule has 1 fully saturated rings. The number of hydrogen-bond acceptors (Lipinski definition) is 3. The van der Waals surface area contributed by atoms with Crippen LogP contribution in [-0.2, 0) is 0 Å². The van der Waals surface area contributed by atoms with Crippen molar-refractivity contribution in [2.75, 3.05) is 26.8 Å².